The Hall–Kier alpha value is -1.50. The SMILES string of the molecule is CN1CCC(c2ccccc2)O[Si]12OC(c1ccccc1)CCN2C. The van der Waals surface area contributed by atoms with Gasteiger partial charge in [0.2, 0.25) is 0 Å². The molecule has 0 aromatic heterocycles. The van der Waals surface area contributed by atoms with Crippen molar-refractivity contribution in [2.45, 2.75) is 25.0 Å². The number of benzene rings is 2. The quantitative estimate of drug-likeness (QED) is 0.769. The maximum Gasteiger partial charge on any atom is 0.523 e. The summed E-state index contributed by atoms with van der Waals surface area (Å²) >= 11 is 0. The molecule has 1 spiro atoms. The summed E-state index contributed by atoms with van der Waals surface area (Å²) in [6.07, 6.45) is 2.23. The normalized spacial score (nSPS) is 31.3. The molecule has 2 atom stereocenters. The molecular formula is C20H26N2O2Si. The minimum Gasteiger partial charge on any atom is -0.363 e. The van der Waals surface area contributed by atoms with E-state index < -0.39 is 8.88 Å². The lowest BCUT2D eigenvalue weighted by atomic mass is 10.1. The molecule has 2 aromatic rings. The molecule has 2 fully saturated rings. The lowest BCUT2D eigenvalue weighted by Gasteiger charge is -2.52. The molecule has 25 heavy (non-hydrogen) atoms. The molecule has 2 saturated heterocycles. The van der Waals surface area contributed by atoms with Crippen LogP contribution in [0.5, 0.6) is 0 Å². The van der Waals surface area contributed by atoms with Crippen molar-refractivity contribution in [1.29, 1.82) is 0 Å². The van der Waals surface area contributed by atoms with Gasteiger partial charge in [0, 0.05) is 0 Å². The van der Waals surface area contributed by atoms with E-state index in [4.69, 9.17) is 8.85 Å². The zero-order valence-electron chi connectivity index (χ0n) is 15.0. The number of hydrogen-bond donors (Lipinski definition) is 0. The summed E-state index contributed by atoms with van der Waals surface area (Å²) in [7, 11) is 1.70. The van der Waals surface area contributed by atoms with Crippen molar-refractivity contribution in [3.05, 3.63) is 71.8 Å². The smallest absolute Gasteiger partial charge is 0.363 e. The Kier molecular flexibility index (Phi) is 4.75. The topological polar surface area (TPSA) is 24.9 Å². The maximum atomic E-state index is 6.75. The van der Waals surface area contributed by atoms with Crippen molar-refractivity contribution >= 4 is 8.88 Å². The molecule has 2 aliphatic heterocycles. The van der Waals surface area contributed by atoms with Gasteiger partial charge in [0.15, 0.2) is 0 Å². The molecular weight excluding hydrogens is 328 g/mol. The number of rotatable bonds is 2. The number of nitrogens with zero attached hydrogens (tertiary/aromatic N) is 2. The molecule has 132 valence electrons. The predicted molar refractivity (Wildman–Crippen MR) is 101 cm³/mol. The van der Waals surface area contributed by atoms with Crippen LogP contribution in [-0.2, 0) is 8.85 Å². The molecule has 0 radical (unpaired) electrons. The van der Waals surface area contributed by atoms with E-state index in [9.17, 15) is 0 Å². The second kappa shape index (κ2) is 7.01. The third-order valence-electron chi connectivity index (χ3n) is 5.35. The van der Waals surface area contributed by atoms with Crippen LogP contribution in [0.2, 0.25) is 0 Å². The average molecular weight is 355 g/mol. The molecule has 2 unspecified atom stereocenters. The summed E-state index contributed by atoms with van der Waals surface area (Å²) in [4.78, 5) is 0. The zero-order chi connectivity index (χ0) is 17.3. The fraction of sp³-hybridized carbons (Fsp3) is 0.400. The highest BCUT2D eigenvalue weighted by Gasteiger charge is 2.56. The molecule has 0 N–H and O–H groups in total. The van der Waals surface area contributed by atoms with Crippen molar-refractivity contribution in [3.8, 4) is 0 Å². The molecule has 2 aromatic carbocycles. The first-order chi connectivity index (χ1) is 12.2. The molecule has 0 bridgehead atoms. The molecule has 2 heterocycles. The maximum absolute atomic E-state index is 6.75. The van der Waals surface area contributed by atoms with Gasteiger partial charge in [0.25, 0.3) is 0 Å². The summed E-state index contributed by atoms with van der Waals surface area (Å²) in [5, 5.41) is 0. The van der Waals surface area contributed by atoms with E-state index in [-0.39, 0.29) is 12.2 Å². The Morgan fingerprint density at radius 1 is 0.720 bits per heavy atom. The summed E-state index contributed by atoms with van der Waals surface area (Å²) in [6, 6.07) is 21.1. The summed E-state index contributed by atoms with van der Waals surface area (Å²) in [5.74, 6) is 0. The summed E-state index contributed by atoms with van der Waals surface area (Å²) in [5.41, 5.74) is 2.50. The molecule has 2 aliphatic rings. The first-order valence-corrected chi connectivity index (χ1v) is 10.8. The lowest BCUT2D eigenvalue weighted by molar-refractivity contribution is -0.0456. The van der Waals surface area contributed by atoms with Gasteiger partial charge in [-0.25, -0.2) is 0 Å². The van der Waals surface area contributed by atoms with Gasteiger partial charge in [-0.1, -0.05) is 60.7 Å². The largest absolute Gasteiger partial charge is 0.523 e. The Morgan fingerprint density at radius 3 is 1.52 bits per heavy atom. The second-order valence-electron chi connectivity index (χ2n) is 7.00. The van der Waals surface area contributed by atoms with Crippen molar-refractivity contribution in [2.75, 3.05) is 27.2 Å². The average Bonchev–Trinajstić information content (AvgIpc) is 2.67. The lowest BCUT2D eigenvalue weighted by Crippen LogP contribution is -2.72. The van der Waals surface area contributed by atoms with Gasteiger partial charge >= 0.3 is 8.88 Å². The monoisotopic (exact) mass is 354 g/mol. The summed E-state index contributed by atoms with van der Waals surface area (Å²) in [6.45, 7) is 2.00. The van der Waals surface area contributed by atoms with Crippen LogP contribution in [0.4, 0.5) is 0 Å². The highest BCUT2D eigenvalue weighted by Crippen LogP contribution is 2.40. The van der Waals surface area contributed by atoms with Crippen LogP contribution in [0, 0.1) is 0 Å². The Morgan fingerprint density at radius 2 is 1.12 bits per heavy atom. The van der Waals surface area contributed by atoms with Gasteiger partial charge in [-0.3, -0.25) is 9.13 Å². The highest BCUT2D eigenvalue weighted by molar-refractivity contribution is 6.61. The Bertz CT molecular complexity index is 636. The first kappa shape index (κ1) is 16.9. The van der Waals surface area contributed by atoms with Crippen LogP contribution in [0.25, 0.3) is 0 Å². The Labute approximate surface area is 151 Å². The van der Waals surface area contributed by atoms with E-state index in [0.717, 1.165) is 25.9 Å². The molecule has 0 amide bonds. The minimum absolute atomic E-state index is 0.112. The van der Waals surface area contributed by atoms with Crippen LogP contribution in [0.1, 0.15) is 36.2 Å². The molecule has 0 aliphatic carbocycles. The van der Waals surface area contributed by atoms with Gasteiger partial charge in [-0.2, -0.15) is 0 Å². The van der Waals surface area contributed by atoms with Crippen molar-refractivity contribution in [3.63, 3.8) is 0 Å². The molecule has 5 heteroatoms. The predicted octanol–water partition coefficient (Wildman–Crippen LogP) is 3.61. The van der Waals surface area contributed by atoms with Gasteiger partial charge in [0.1, 0.15) is 0 Å². The fourth-order valence-corrected chi connectivity index (χ4v) is 7.31. The first-order valence-electron chi connectivity index (χ1n) is 9.07. The molecule has 4 rings (SSSR count). The van der Waals surface area contributed by atoms with Crippen LogP contribution >= 0.6 is 0 Å². The van der Waals surface area contributed by atoms with E-state index in [0.29, 0.717) is 0 Å². The van der Waals surface area contributed by atoms with Crippen molar-refractivity contribution in [2.24, 2.45) is 0 Å². The van der Waals surface area contributed by atoms with Crippen LogP contribution in [0.3, 0.4) is 0 Å². The third kappa shape index (κ3) is 3.18. The number of hydrogen-bond acceptors (Lipinski definition) is 4. The molecule has 0 saturated carbocycles. The van der Waals surface area contributed by atoms with E-state index in [1.54, 1.807) is 0 Å². The van der Waals surface area contributed by atoms with Gasteiger partial charge in [-0.05, 0) is 51.2 Å². The molecule has 4 nitrogen and oxygen atoms in total. The van der Waals surface area contributed by atoms with E-state index in [1.165, 1.54) is 11.1 Å². The van der Waals surface area contributed by atoms with E-state index >= 15 is 0 Å². The van der Waals surface area contributed by atoms with Gasteiger partial charge < -0.3 is 8.85 Å². The minimum atomic E-state index is -2.60. The van der Waals surface area contributed by atoms with E-state index in [1.807, 2.05) is 0 Å². The van der Waals surface area contributed by atoms with Gasteiger partial charge in [0.05, 0.1) is 12.2 Å². The standard InChI is InChI=1S/C20H26N2O2Si/c1-21-15-13-19(17-9-5-3-6-10-17)23-25(21)22(2)16-14-20(24-25)18-11-7-4-8-12-18/h3-12,19-20H,13-16H2,1-2H3. The summed E-state index contributed by atoms with van der Waals surface area (Å²) < 4.78 is 18.2. The van der Waals surface area contributed by atoms with Crippen LogP contribution in [0.15, 0.2) is 60.7 Å². The fourth-order valence-electron chi connectivity index (χ4n) is 3.88. The van der Waals surface area contributed by atoms with Crippen molar-refractivity contribution < 1.29 is 8.85 Å². The van der Waals surface area contributed by atoms with E-state index in [2.05, 4.69) is 83.9 Å². The van der Waals surface area contributed by atoms with Crippen LogP contribution in [-0.4, -0.2) is 45.2 Å². The zero-order valence-corrected chi connectivity index (χ0v) is 16.0. The second-order valence-corrected chi connectivity index (χ2v) is 10.1. The van der Waals surface area contributed by atoms with Gasteiger partial charge in [-0.15, -0.1) is 0 Å². The third-order valence-corrected chi connectivity index (χ3v) is 8.91. The Balaban J connectivity index is 1.62. The van der Waals surface area contributed by atoms with Crippen molar-refractivity contribution in [1.82, 2.24) is 9.13 Å². The van der Waals surface area contributed by atoms with Crippen LogP contribution < -0.4 is 0 Å². The highest BCUT2D eigenvalue weighted by atomic mass is 28.4.